The van der Waals surface area contributed by atoms with Crippen molar-refractivity contribution in [2.75, 3.05) is 5.43 Å². The van der Waals surface area contributed by atoms with E-state index in [1.165, 1.54) is 5.39 Å². The molecule has 3 rings (SSSR count). The number of nitrogen functional groups attached to an aromatic ring is 1. The summed E-state index contributed by atoms with van der Waals surface area (Å²) in [7, 11) is 0. The van der Waals surface area contributed by atoms with Gasteiger partial charge in [0.15, 0.2) is 5.82 Å². The van der Waals surface area contributed by atoms with Crippen molar-refractivity contribution >= 4 is 16.6 Å². The van der Waals surface area contributed by atoms with Crippen molar-refractivity contribution in [1.29, 1.82) is 5.26 Å². The van der Waals surface area contributed by atoms with Crippen LogP contribution in [0.3, 0.4) is 0 Å². The van der Waals surface area contributed by atoms with Gasteiger partial charge in [0.25, 0.3) is 0 Å². The number of rotatable bonds is 2. The second-order valence-corrected chi connectivity index (χ2v) is 4.41. The Balaban J connectivity index is 2.13. The van der Waals surface area contributed by atoms with Gasteiger partial charge in [0, 0.05) is 5.56 Å². The summed E-state index contributed by atoms with van der Waals surface area (Å²) in [6.07, 6.45) is 0. The first-order chi connectivity index (χ1) is 9.81. The van der Waals surface area contributed by atoms with Gasteiger partial charge in [-0.1, -0.05) is 36.4 Å². The molecule has 3 aromatic rings. The Morgan fingerprint density at radius 1 is 1.00 bits per heavy atom. The fourth-order valence-corrected chi connectivity index (χ4v) is 2.17. The van der Waals surface area contributed by atoms with E-state index in [0.29, 0.717) is 11.4 Å². The number of aromatic nitrogens is 1. The molecule has 0 amide bonds. The van der Waals surface area contributed by atoms with Gasteiger partial charge >= 0.3 is 0 Å². The molecule has 0 atom stereocenters. The molecule has 0 saturated heterocycles. The van der Waals surface area contributed by atoms with Gasteiger partial charge < -0.3 is 5.43 Å². The summed E-state index contributed by atoms with van der Waals surface area (Å²) in [4.78, 5) is 4.38. The van der Waals surface area contributed by atoms with Crippen molar-refractivity contribution in [3.8, 4) is 17.3 Å². The molecule has 0 radical (unpaired) electrons. The number of hydrogen-bond acceptors (Lipinski definition) is 4. The first kappa shape index (κ1) is 12.2. The van der Waals surface area contributed by atoms with Crippen LogP contribution in [0.2, 0.25) is 0 Å². The van der Waals surface area contributed by atoms with Gasteiger partial charge in [0.05, 0.1) is 11.3 Å². The van der Waals surface area contributed by atoms with E-state index in [-0.39, 0.29) is 0 Å². The third-order valence-corrected chi connectivity index (χ3v) is 3.20. The topological polar surface area (TPSA) is 74.7 Å². The number of pyridine rings is 1. The van der Waals surface area contributed by atoms with Gasteiger partial charge in [-0.15, -0.1) is 0 Å². The van der Waals surface area contributed by atoms with Crippen LogP contribution in [0.5, 0.6) is 0 Å². The van der Waals surface area contributed by atoms with Gasteiger partial charge in [-0.05, 0) is 29.0 Å². The number of nitrogens with one attached hydrogen (secondary N) is 1. The highest BCUT2D eigenvalue weighted by Gasteiger charge is 2.06. The number of nitrogens with zero attached hydrogens (tertiary/aromatic N) is 2. The second-order valence-electron chi connectivity index (χ2n) is 4.41. The summed E-state index contributed by atoms with van der Waals surface area (Å²) in [6.45, 7) is 0. The fraction of sp³-hybridized carbons (Fsp3) is 0. The van der Waals surface area contributed by atoms with Crippen molar-refractivity contribution < 1.29 is 0 Å². The predicted octanol–water partition coefficient (Wildman–Crippen LogP) is 3.06. The van der Waals surface area contributed by atoms with Gasteiger partial charge in [0.1, 0.15) is 6.07 Å². The maximum Gasteiger partial charge on any atom is 0.158 e. The molecule has 1 heterocycles. The molecule has 3 N–H and O–H groups in total. The third kappa shape index (κ3) is 2.07. The summed E-state index contributed by atoms with van der Waals surface area (Å²) in [6, 6.07) is 19.9. The Morgan fingerprint density at radius 2 is 1.80 bits per heavy atom. The van der Waals surface area contributed by atoms with Crippen molar-refractivity contribution in [2.45, 2.75) is 0 Å². The molecule has 96 valence electrons. The van der Waals surface area contributed by atoms with Crippen LogP contribution >= 0.6 is 0 Å². The smallest absolute Gasteiger partial charge is 0.158 e. The lowest BCUT2D eigenvalue weighted by Crippen LogP contribution is -2.10. The monoisotopic (exact) mass is 260 g/mol. The summed E-state index contributed by atoms with van der Waals surface area (Å²) in [5.41, 5.74) is 4.66. The Morgan fingerprint density at radius 3 is 2.55 bits per heavy atom. The lowest BCUT2D eigenvalue weighted by atomic mass is 10.0. The second kappa shape index (κ2) is 5.00. The molecule has 0 spiro atoms. The molecule has 0 unspecified atom stereocenters. The van der Waals surface area contributed by atoms with Crippen LogP contribution in [0.4, 0.5) is 5.82 Å². The molecule has 1 aromatic heterocycles. The number of anilines is 1. The quantitative estimate of drug-likeness (QED) is 0.548. The van der Waals surface area contributed by atoms with E-state index >= 15 is 0 Å². The van der Waals surface area contributed by atoms with E-state index in [9.17, 15) is 0 Å². The largest absolute Gasteiger partial charge is 0.307 e. The molecule has 0 aliphatic heterocycles. The number of nitriles is 1. The number of fused-ring (bicyclic) bond motifs is 1. The first-order valence-corrected chi connectivity index (χ1v) is 6.19. The number of hydrazine groups is 1. The molecule has 0 saturated carbocycles. The lowest BCUT2D eigenvalue weighted by molar-refractivity contribution is 1.22. The molecule has 0 bridgehead atoms. The van der Waals surface area contributed by atoms with Crippen molar-refractivity contribution in [3.05, 3.63) is 60.2 Å². The molecule has 4 nitrogen and oxygen atoms in total. The Bertz CT molecular complexity index is 818. The molecule has 2 aromatic carbocycles. The summed E-state index contributed by atoms with van der Waals surface area (Å²) >= 11 is 0. The Hall–Kier alpha value is -2.90. The summed E-state index contributed by atoms with van der Waals surface area (Å²) < 4.78 is 0. The highest BCUT2D eigenvalue weighted by atomic mass is 15.2. The van der Waals surface area contributed by atoms with E-state index in [1.807, 2.05) is 30.3 Å². The van der Waals surface area contributed by atoms with Crippen LogP contribution < -0.4 is 11.3 Å². The number of benzene rings is 2. The number of hydrogen-bond donors (Lipinski definition) is 2. The summed E-state index contributed by atoms with van der Waals surface area (Å²) in [5, 5.41) is 11.3. The highest BCUT2D eigenvalue weighted by molar-refractivity contribution is 5.86. The predicted molar refractivity (Wildman–Crippen MR) is 79.7 cm³/mol. The Kier molecular flexibility index (Phi) is 3.04. The summed E-state index contributed by atoms with van der Waals surface area (Å²) in [5.74, 6) is 5.79. The SMILES string of the molecule is N#Cc1ccc(-c2ccc3ccccc3c2)nc1NN. The van der Waals surface area contributed by atoms with Gasteiger partial charge in [-0.25, -0.2) is 10.8 Å². The minimum atomic E-state index is 0.387. The first-order valence-electron chi connectivity index (χ1n) is 6.19. The molecule has 4 heteroatoms. The van der Waals surface area contributed by atoms with Gasteiger partial charge in [0.2, 0.25) is 0 Å². The number of nitrogens with two attached hydrogens (primary N) is 1. The van der Waals surface area contributed by atoms with Gasteiger partial charge in [-0.3, -0.25) is 0 Å². The van der Waals surface area contributed by atoms with E-state index in [1.54, 1.807) is 6.07 Å². The van der Waals surface area contributed by atoms with Crippen molar-refractivity contribution in [2.24, 2.45) is 5.84 Å². The average molecular weight is 260 g/mol. The third-order valence-electron chi connectivity index (χ3n) is 3.20. The zero-order valence-corrected chi connectivity index (χ0v) is 10.7. The molecule has 20 heavy (non-hydrogen) atoms. The molecular formula is C16H12N4. The molecule has 0 aliphatic rings. The Labute approximate surface area is 116 Å². The van der Waals surface area contributed by atoms with Crippen LogP contribution in [0, 0.1) is 11.3 Å². The molecule has 0 fully saturated rings. The normalized spacial score (nSPS) is 10.2. The van der Waals surface area contributed by atoms with Crippen molar-refractivity contribution in [1.82, 2.24) is 4.98 Å². The fourth-order valence-electron chi connectivity index (χ4n) is 2.17. The zero-order valence-electron chi connectivity index (χ0n) is 10.7. The molecular weight excluding hydrogens is 248 g/mol. The van der Waals surface area contributed by atoms with Crippen LogP contribution in [0.25, 0.3) is 22.0 Å². The van der Waals surface area contributed by atoms with E-state index in [2.05, 4.69) is 34.7 Å². The van der Waals surface area contributed by atoms with Crippen LogP contribution in [-0.2, 0) is 0 Å². The van der Waals surface area contributed by atoms with E-state index in [4.69, 9.17) is 11.1 Å². The minimum absolute atomic E-state index is 0.387. The van der Waals surface area contributed by atoms with Crippen LogP contribution in [-0.4, -0.2) is 4.98 Å². The maximum atomic E-state index is 8.97. The molecule has 0 aliphatic carbocycles. The van der Waals surface area contributed by atoms with E-state index in [0.717, 1.165) is 16.6 Å². The minimum Gasteiger partial charge on any atom is -0.307 e. The average Bonchev–Trinajstić information content (AvgIpc) is 2.53. The highest BCUT2D eigenvalue weighted by Crippen LogP contribution is 2.25. The van der Waals surface area contributed by atoms with E-state index < -0.39 is 0 Å². The van der Waals surface area contributed by atoms with Crippen molar-refractivity contribution in [3.63, 3.8) is 0 Å². The lowest BCUT2D eigenvalue weighted by Gasteiger charge is -2.07. The zero-order chi connectivity index (χ0) is 13.9. The van der Waals surface area contributed by atoms with Crippen LogP contribution in [0.1, 0.15) is 5.56 Å². The maximum absolute atomic E-state index is 8.97. The standard InChI is InChI=1S/C16H12N4/c17-10-14-7-8-15(19-16(14)20-18)13-6-5-11-3-1-2-4-12(11)9-13/h1-9H,18H2,(H,19,20). The van der Waals surface area contributed by atoms with Crippen LogP contribution in [0.15, 0.2) is 54.6 Å². The van der Waals surface area contributed by atoms with Gasteiger partial charge in [-0.2, -0.15) is 5.26 Å².